The van der Waals surface area contributed by atoms with Crippen molar-refractivity contribution in [1.82, 2.24) is 15.3 Å². The Morgan fingerprint density at radius 2 is 2.19 bits per heavy atom. The summed E-state index contributed by atoms with van der Waals surface area (Å²) in [5, 5.41) is 3.33. The van der Waals surface area contributed by atoms with Crippen molar-refractivity contribution in [2.24, 2.45) is 5.92 Å². The smallest absolute Gasteiger partial charge is 0.251 e. The molecule has 1 atom stereocenters. The number of hydrogen-bond donors (Lipinski definition) is 2. The van der Waals surface area contributed by atoms with Crippen LogP contribution in [0.2, 0.25) is 0 Å². The SMILES string of the molecule is CC(C)CNCc1cc(=O)[nH]c(C2Cc3ccccc32)n1. The maximum Gasteiger partial charge on any atom is 0.251 e. The maximum absolute atomic E-state index is 11.8. The number of hydrogen-bond acceptors (Lipinski definition) is 3. The summed E-state index contributed by atoms with van der Waals surface area (Å²) in [6.45, 7) is 5.89. The highest BCUT2D eigenvalue weighted by atomic mass is 16.1. The van der Waals surface area contributed by atoms with Crippen molar-refractivity contribution in [3.05, 3.63) is 63.3 Å². The average molecular weight is 283 g/mol. The third-order valence-electron chi connectivity index (χ3n) is 3.86. The van der Waals surface area contributed by atoms with Crippen LogP contribution in [0.15, 0.2) is 35.1 Å². The molecule has 0 aliphatic heterocycles. The molecular formula is C17H21N3O. The van der Waals surface area contributed by atoms with E-state index in [2.05, 4.69) is 47.3 Å². The first kappa shape index (κ1) is 14.0. The van der Waals surface area contributed by atoms with Crippen LogP contribution in [0.5, 0.6) is 0 Å². The standard InChI is InChI=1S/C17H21N3O/c1-11(2)9-18-10-13-8-16(21)20-17(19-13)15-7-12-5-3-4-6-14(12)15/h3-6,8,11,15,18H,7,9-10H2,1-2H3,(H,19,20,21). The maximum atomic E-state index is 11.8. The van der Waals surface area contributed by atoms with Gasteiger partial charge in [0, 0.05) is 18.5 Å². The van der Waals surface area contributed by atoms with E-state index in [-0.39, 0.29) is 11.5 Å². The van der Waals surface area contributed by atoms with E-state index in [0.717, 1.165) is 24.5 Å². The molecule has 0 saturated heterocycles. The molecule has 1 aromatic carbocycles. The second kappa shape index (κ2) is 5.82. The van der Waals surface area contributed by atoms with Crippen molar-refractivity contribution in [3.8, 4) is 0 Å². The molecule has 21 heavy (non-hydrogen) atoms. The van der Waals surface area contributed by atoms with E-state index in [0.29, 0.717) is 12.5 Å². The Hall–Kier alpha value is -1.94. The molecule has 110 valence electrons. The molecule has 0 spiro atoms. The second-order valence-electron chi connectivity index (χ2n) is 6.10. The Kier molecular flexibility index (Phi) is 3.88. The number of H-pyrrole nitrogens is 1. The van der Waals surface area contributed by atoms with Crippen LogP contribution in [-0.2, 0) is 13.0 Å². The minimum Gasteiger partial charge on any atom is -0.311 e. The number of fused-ring (bicyclic) bond motifs is 1. The topological polar surface area (TPSA) is 57.8 Å². The Bertz CT molecular complexity index is 690. The summed E-state index contributed by atoms with van der Waals surface area (Å²) < 4.78 is 0. The summed E-state index contributed by atoms with van der Waals surface area (Å²) in [5.74, 6) is 1.62. The quantitative estimate of drug-likeness (QED) is 0.884. The van der Waals surface area contributed by atoms with E-state index in [1.54, 1.807) is 6.07 Å². The van der Waals surface area contributed by atoms with Gasteiger partial charge in [0.1, 0.15) is 5.82 Å². The molecule has 0 saturated carbocycles. The van der Waals surface area contributed by atoms with E-state index in [4.69, 9.17) is 0 Å². The monoisotopic (exact) mass is 283 g/mol. The van der Waals surface area contributed by atoms with Crippen LogP contribution in [0.25, 0.3) is 0 Å². The highest BCUT2D eigenvalue weighted by Crippen LogP contribution is 2.37. The van der Waals surface area contributed by atoms with Crippen LogP contribution < -0.4 is 10.9 Å². The first-order valence-corrected chi connectivity index (χ1v) is 7.52. The fraction of sp³-hybridized carbons (Fsp3) is 0.412. The predicted octanol–water partition coefficient (Wildman–Crippen LogP) is 2.20. The van der Waals surface area contributed by atoms with Crippen molar-refractivity contribution >= 4 is 0 Å². The Morgan fingerprint density at radius 1 is 1.38 bits per heavy atom. The fourth-order valence-corrected chi connectivity index (χ4v) is 2.78. The molecule has 2 N–H and O–H groups in total. The van der Waals surface area contributed by atoms with Gasteiger partial charge in [0.2, 0.25) is 0 Å². The molecule has 4 heteroatoms. The molecule has 1 heterocycles. The molecule has 4 nitrogen and oxygen atoms in total. The first-order chi connectivity index (χ1) is 10.1. The van der Waals surface area contributed by atoms with Gasteiger partial charge in [-0.15, -0.1) is 0 Å². The molecule has 0 bridgehead atoms. The lowest BCUT2D eigenvalue weighted by molar-refractivity contribution is 0.544. The minimum atomic E-state index is -0.0641. The Balaban J connectivity index is 1.78. The predicted molar refractivity (Wildman–Crippen MR) is 83.4 cm³/mol. The van der Waals surface area contributed by atoms with Crippen molar-refractivity contribution in [1.29, 1.82) is 0 Å². The molecule has 1 aromatic heterocycles. The molecular weight excluding hydrogens is 262 g/mol. The van der Waals surface area contributed by atoms with Gasteiger partial charge in [0.05, 0.1) is 5.69 Å². The van der Waals surface area contributed by atoms with E-state index < -0.39 is 0 Å². The molecule has 1 unspecified atom stereocenters. The third kappa shape index (κ3) is 3.05. The van der Waals surface area contributed by atoms with E-state index in [9.17, 15) is 4.79 Å². The lowest BCUT2D eigenvalue weighted by atomic mass is 9.77. The van der Waals surface area contributed by atoms with E-state index >= 15 is 0 Å². The molecule has 2 aromatic rings. The molecule has 1 aliphatic rings. The highest BCUT2D eigenvalue weighted by Gasteiger charge is 2.29. The number of benzene rings is 1. The van der Waals surface area contributed by atoms with Crippen molar-refractivity contribution in [2.45, 2.75) is 32.7 Å². The number of nitrogens with one attached hydrogen (secondary N) is 2. The van der Waals surface area contributed by atoms with E-state index in [1.165, 1.54) is 11.1 Å². The van der Waals surface area contributed by atoms with Gasteiger partial charge in [-0.05, 0) is 30.0 Å². The highest BCUT2D eigenvalue weighted by molar-refractivity contribution is 5.43. The van der Waals surface area contributed by atoms with Crippen molar-refractivity contribution in [3.63, 3.8) is 0 Å². The first-order valence-electron chi connectivity index (χ1n) is 7.52. The normalized spacial score (nSPS) is 16.6. The van der Waals surface area contributed by atoms with Gasteiger partial charge in [0.15, 0.2) is 0 Å². The summed E-state index contributed by atoms with van der Waals surface area (Å²) in [5.41, 5.74) is 3.39. The number of aromatic nitrogens is 2. The number of aromatic amines is 1. The summed E-state index contributed by atoms with van der Waals surface area (Å²) in [6, 6.07) is 9.93. The average Bonchev–Trinajstić information content (AvgIpc) is 2.39. The van der Waals surface area contributed by atoms with Gasteiger partial charge in [-0.2, -0.15) is 0 Å². The number of nitrogens with zero attached hydrogens (tertiary/aromatic N) is 1. The summed E-state index contributed by atoms with van der Waals surface area (Å²) >= 11 is 0. The van der Waals surface area contributed by atoms with E-state index in [1.807, 2.05) is 6.07 Å². The van der Waals surface area contributed by atoms with Gasteiger partial charge in [-0.3, -0.25) is 4.79 Å². The van der Waals surface area contributed by atoms with Gasteiger partial charge >= 0.3 is 0 Å². The fourth-order valence-electron chi connectivity index (χ4n) is 2.78. The van der Waals surface area contributed by atoms with Gasteiger partial charge in [-0.1, -0.05) is 38.1 Å². The lowest BCUT2D eigenvalue weighted by Gasteiger charge is -2.29. The van der Waals surface area contributed by atoms with Gasteiger partial charge in [0.25, 0.3) is 5.56 Å². The van der Waals surface area contributed by atoms with Crippen LogP contribution in [0.1, 0.15) is 42.4 Å². The minimum absolute atomic E-state index is 0.0641. The van der Waals surface area contributed by atoms with Gasteiger partial charge < -0.3 is 10.3 Å². The lowest BCUT2D eigenvalue weighted by Crippen LogP contribution is -2.26. The Morgan fingerprint density at radius 3 is 2.95 bits per heavy atom. The van der Waals surface area contributed by atoms with Crippen LogP contribution in [0.4, 0.5) is 0 Å². The zero-order valence-corrected chi connectivity index (χ0v) is 12.5. The molecule has 0 amide bonds. The number of rotatable bonds is 5. The van der Waals surface area contributed by atoms with Crippen LogP contribution in [0, 0.1) is 5.92 Å². The molecule has 0 fully saturated rings. The Labute approximate surface area is 124 Å². The van der Waals surface area contributed by atoms with Crippen LogP contribution >= 0.6 is 0 Å². The summed E-state index contributed by atoms with van der Waals surface area (Å²) in [7, 11) is 0. The largest absolute Gasteiger partial charge is 0.311 e. The summed E-state index contributed by atoms with van der Waals surface area (Å²) in [4.78, 5) is 19.4. The van der Waals surface area contributed by atoms with Crippen LogP contribution in [0.3, 0.4) is 0 Å². The molecule has 3 rings (SSSR count). The zero-order chi connectivity index (χ0) is 14.8. The second-order valence-corrected chi connectivity index (χ2v) is 6.10. The van der Waals surface area contributed by atoms with Crippen molar-refractivity contribution in [2.75, 3.05) is 6.54 Å². The van der Waals surface area contributed by atoms with Crippen molar-refractivity contribution < 1.29 is 0 Å². The van der Waals surface area contributed by atoms with Gasteiger partial charge in [-0.25, -0.2) is 4.98 Å². The van der Waals surface area contributed by atoms with Crippen LogP contribution in [-0.4, -0.2) is 16.5 Å². The summed E-state index contributed by atoms with van der Waals surface area (Å²) in [6.07, 6.45) is 0.960. The molecule has 1 aliphatic carbocycles. The molecule has 0 radical (unpaired) electrons. The third-order valence-corrected chi connectivity index (χ3v) is 3.86. The zero-order valence-electron chi connectivity index (χ0n) is 12.5.